The van der Waals surface area contributed by atoms with Crippen LogP contribution in [0, 0.1) is 11.6 Å². The number of benzene rings is 1. The van der Waals surface area contributed by atoms with Gasteiger partial charge < -0.3 is 10.8 Å². The van der Waals surface area contributed by atoms with Gasteiger partial charge in [-0.15, -0.1) is 11.6 Å². The molecule has 0 atom stereocenters. The predicted molar refractivity (Wildman–Crippen MR) is 46.4 cm³/mol. The molecule has 0 aromatic heterocycles. The van der Waals surface area contributed by atoms with Gasteiger partial charge in [-0.25, -0.2) is 8.78 Å². The summed E-state index contributed by atoms with van der Waals surface area (Å²) in [5, 5.41) is 8.74. The van der Waals surface area contributed by atoms with E-state index in [0.717, 1.165) is 6.07 Å². The second-order valence-corrected chi connectivity index (χ2v) is 2.12. The van der Waals surface area contributed by atoms with Crippen LogP contribution in [-0.2, 0) is 6.54 Å². The van der Waals surface area contributed by atoms with Crippen molar-refractivity contribution in [1.29, 1.82) is 0 Å². The highest BCUT2D eigenvalue weighted by Crippen LogP contribution is 2.21. The zero-order valence-electron chi connectivity index (χ0n) is 7.15. The highest BCUT2D eigenvalue weighted by atomic mass is 35.5. The lowest BCUT2D eigenvalue weighted by molar-refractivity contribution is -0.387. The van der Waals surface area contributed by atoms with E-state index in [1.54, 1.807) is 0 Å². The molecule has 0 fully saturated rings. The molecule has 1 aromatic rings. The molecule has 74 valence electrons. The lowest BCUT2D eigenvalue weighted by Gasteiger charge is -1.99. The van der Waals surface area contributed by atoms with Crippen molar-refractivity contribution in [3.8, 4) is 5.75 Å². The van der Waals surface area contributed by atoms with Gasteiger partial charge in [0.2, 0.25) is 0 Å². The molecule has 0 radical (unpaired) electrons. The van der Waals surface area contributed by atoms with Crippen LogP contribution >= 0.6 is 11.6 Å². The first kappa shape index (κ1) is 12.1. The van der Waals surface area contributed by atoms with Gasteiger partial charge in [0.05, 0.1) is 0 Å². The maximum atomic E-state index is 12.7. The first-order chi connectivity index (χ1) is 6.16. The van der Waals surface area contributed by atoms with Crippen LogP contribution in [0.5, 0.6) is 5.75 Å². The molecule has 2 nitrogen and oxygen atoms in total. The molecule has 0 aliphatic carbocycles. The Morgan fingerprint density at radius 2 is 1.92 bits per heavy atom. The first-order valence-corrected chi connectivity index (χ1v) is 4.25. The molecule has 0 spiro atoms. The second-order valence-electron chi connectivity index (χ2n) is 2.12. The molecule has 0 heterocycles. The van der Waals surface area contributed by atoms with E-state index in [4.69, 9.17) is 5.11 Å². The van der Waals surface area contributed by atoms with Crippen LogP contribution in [0.25, 0.3) is 0 Å². The smallest absolute Gasteiger partial charge is 0.188 e. The zero-order chi connectivity index (χ0) is 10.4. The highest BCUT2D eigenvalue weighted by Gasteiger charge is 2.11. The maximum Gasteiger partial charge on any atom is 0.188 e. The van der Waals surface area contributed by atoms with Crippen molar-refractivity contribution in [2.75, 3.05) is 6.38 Å². The number of quaternary nitrogens is 1. The summed E-state index contributed by atoms with van der Waals surface area (Å²) in [6.45, 7) is 0.194. The third kappa shape index (κ3) is 2.82. The summed E-state index contributed by atoms with van der Waals surface area (Å²) in [4.78, 5) is 0. The fraction of sp³-hybridized carbons (Fsp3) is 0.250. The molecular weight excluding hydrogens is 200 g/mol. The Morgan fingerprint density at radius 3 is 2.38 bits per heavy atom. The van der Waals surface area contributed by atoms with E-state index >= 15 is 0 Å². The Bertz CT molecular complexity index is 281. The Labute approximate surface area is 79.9 Å². The number of phenols is 1. The van der Waals surface area contributed by atoms with E-state index in [1.807, 2.05) is 0 Å². The summed E-state index contributed by atoms with van der Waals surface area (Å²) in [5.41, 5.74) is 3.63. The summed E-state index contributed by atoms with van der Waals surface area (Å²) in [6, 6.07) is 2.27. The van der Waals surface area contributed by atoms with Gasteiger partial charge >= 0.3 is 0 Å². The van der Waals surface area contributed by atoms with E-state index in [9.17, 15) is 8.78 Å². The summed E-state index contributed by atoms with van der Waals surface area (Å²) >= 11 is 4.64. The minimum atomic E-state index is -0.945. The number of rotatable bonds is 1. The quantitative estimate of drug-likeness (QED) is 0.674. The number of hydrogen-bond acceptors (Lipinski definition) is 1. The third-order valence-electron chi connectivity index (χ3n) is 1.42. The predicted octanol–water partition coefficient (Wildman–Crippen LogP) is 1.27. The van der Waals surface area contributed by atoms with Crippen molar-refractivity contribution in [3.63, 3.8) is 0 Å². The van der Waals surface area contributed by atoms with E-state index in [2.05, 4.69) is 17.3 Å². The molecule has 0 amide bonds. The van der Waals surface area contributed by atoms with E-state index in [0.29, 0.717) is 0 Å². The summed E-state index contributed by atoms with van der Waals surface area (Å²) in [7, 11) is 0. The normalized spacial score (nSPS) is 9.00. The second kappa shape index (κ2) is 5.72. The van der Waals surface area contributed by atoms with Crippen LogP contribution in [-0.4, -0.2) is 11.5 Å². The molecule has 0 saturated carbocycles. The Hall–Kier alpha value is -0.870. The van der Waals surface area contributed by atoms with Crippen molar-refractivity contribution in [1.82, 2.24) is 0 Å². The van der Waals surface area contributed by atoms with Gasteiger partial charge in [-0.2, -0.15) is 0 Å². The average Bonchev–Trinajstić information content (AvgIpc) is 2.18. The van der Waals surface area contributed by atoms with Gasteiger partial charge in [0.15, 0.2) is 17.4 Å². The van der Waals surface area contributed by atoms with E-state index in [1.165, 1.54) is 12.4 Å². The highest BCUT2D eigenvalue weighted by molar-refractivity contribution is 6.15. The van der Waals surface area contributed by atoms with Crippen LogP contribution < -0.4 is 5.73 Å². The zero-order valence-corrected chi connectivity index (χ0v) is 7.91. The fourth-order valence-corrected chi connectivity index (χ4v) is 0.776. The van der Waals surface area contributed by atoms with Gasteiger partial charge in [-0.1, -0.05) is 0 Å². The molecule has 1 rings (SSSR count). The van der Waals surface area contributed by atoms with Crippen LogP contribution in [0.1, 0.15) is 5.56 Å². The van der Waals surface area contributed by atoms with Crippen molar-refractivity contribution in [3.05, 3.63) is 29.3 Å². The molecule has 4 N–H and O–H groups in total. The largest absolute Gasteiger partial charge is 0.503 e. The van der Waals surface area contributed by atoms with Gasteiger partial charge in [0, 0.05) is 11.9 Å². The standard InChI is InChI=1S/C7H7F2NO.CH3Cl/c8-5-2-1-4(3-10)6(9)7(5)11;1-2/h1-2,11H,3,10H2;1H3/p+1. The topological polar surface area (TPSA) is 47.9 Å². The monoisotopic (exact) mass is 210 g/mol. The van der Waals surface area contributed by atoms with E-state index < -0.39 is 17.4 Å². The maximum absolute atomic E-state index is 12.7. The molecule has 1 aromatic carbocycles. The molecule has 0 aliphatic rings. The lowest BCUT2D eigenvalue weighted by atomic mass is 10.2. The number of phenolic OH excluding ortho intramolecular Hbond substituents is 1. The first-order valence-electron chi connectivity index (χ1n) is 3.49. The molecule has 0 unspecified atom stereocenters. The minimum Gasteiger partial charge on any atom is -0.503 e. The van der Waals surface area contributed by atoms with Gasteiger partial charge in [-0.05, 0) is 12.1 Å². The number of hydrogen-bond donors (Lipinski definition) is 2. The average molecular weight is 211 g/mol. The molecule has 5 heteroatoms. The summed E-state index contributed by atoms with van der Waals surface area (Å²) in [5.74, 6) is -2.79. The fourth-order valence-electron chi connectivity index (χ4n) is 0.776. The lowest BCUT2D eigenvalue weighted by Crippen LogP contribution is -2.47. The van der Waals surface area contributed by atoms with Gasteiger partial charge in [0.1, 0.15) is 6.54 Å². The third-order valence-corrected chi connectivity index (χ3v) is 1.42. The van der Waals surface area contributed by atoms with Crippen molar-refractivity contribution in [2.24, 2.45) is 0 Å². The van der Waals surface area contributed by atoms with Gasteiger partial charge in [-0.3, -0.25) is 0 Å². The van der Waals surface area contributed by atoms with Crippen molar-refractivity contribution in [2.45, 2.75) is 6.54 Å². The van der Waals surface area contributed by atoms with Crippen molar-refractivity contribution >= 4 is 11.6 Å². The Morgan fingerprint density at radius 1 is 1.38 bits per heavy atom. The Kier molecular flexibility index (Phi) is 5.34. The van der Waals surface area contributed by atoms with Gasteiger partial charge in [0.25, 0.3) is 0 Å². The minimum absolute atomic E-state index is 0.194. The molecule has 0 saturated heterocycles. The van der Waals surface area contributed by atoms with Crippen molar-refractivity contribution < 1.29 is 19.6 Å². The number of aromatic hydroxyl groups is 1. The van der Waals surface area contributed by atoms with Crippen LogP contribution in [0.15, 0.2) is 12.1 Å². The Balaban J connectivity index is 0.000000671. The van der Waals surface area contributed by atoms with Crippen LogP contribution in [0.3, 0.4) is 0 Å². The molecule has 0 aliphatic heterocycles. The SMILES string of the molecule is CCl.[NH3+]Cc1ccc(F)c(O)c1F. The number of halogens is 3. The molecule has 0 bridgehead atoms. The van der Waals surface area contributed by atoms with Crippen LogP contribution in [0.2, 0.25) is 0 Å². The number of alkyl halides is 1. The summed E-state index contributed by atoms with van der Waals surface area (Å²) < 4.78 is 25.1. The molecule has 13 heavy (non-hydrogen) atoms. The van der Waals surface area contributed by atoms with Crippen LogP contribution in [0.4, 0.5) is 8.78 Å². The summed E-state index contributed by atoms with van der Waals surface area (Å²) in [6.07, 6.45) is 1.47. The van der Waals surface area contributed by atoms with E-state index in [-0.39, 0.29) is 12.1 Å². The molecular formula is C8H11ClF2NO+.